The number of nitrogens with one attached hydrogen (secondary N) is 2. The van der Waals surface area contributed by atoms with Crippen LogP contribution in [0.15, 0.2) is 73.3 Å². The number of epoxide rings is 1. The van der Waals surface area contributed by atoms with E-state index in [-0.39, 0.29) is 24.4 Å². The molecule has 0 radical (unpaired) electrons. The van der Waals surface area contributed by atoms with Crippen molar-refractivity contribution in [1.29, 1.82) is 0 Å². The number of pyridine rings is 2. The number of methoxy groups -OCH3 is 1. The molecule has 7 rings (SSSR count). The van der Waals surface area contributed by atoms with Crippen LogP contribution in [0.25, 0.3) is 33.5 Å². The van der Waals surface area contributed by atoms with Crippen molar-refractivity contribution in [3.63, 3.8) is 0 Å². The normalized spacial score (nSPS) is 17.7. The van der Waals surface area contributed by atoms with Gasteiger partial charge in [0.25, 0.3) is 0 Å². The highest BCUT2D eigenvalue weighted by atomic mass is 16.6. The van der Waals surface area contributed by atoms with Crippen LogP contribution in [0.3, 0.4) is 0 Å². The van der Waals surface area contributed by atoms with Crippen molar-refractivity contribution >= 4 is 28.2 Å². The first-order valence-electron chi connectivity index (χ1n) is 17.7. The zero-order chi connectivity index (χ0) is 35.2. The van der Waals surface area contributed by atoms with E-state index in [2.05, 4.69) is 51.3 Å². The summed E-state index contributed by atoms with van der Waals surface area (Å²) in [4.78, 5) is 35.6. The summed E-state index contributed by atoms with van der Waals surface area (Å²) >= 11 is 0. The van der Waals surface area contributed by atoms with Gasteiger partial charge in [0.2, 0.25) is 5.88 Å². The van der Waals surface area contributed by atoms with Gasteiger partial charge in [-0.15, -0.1) is 0 Å². The minimum absolute atomic E-state index is 0.0414. The molecule has 0 saturated carbocycles. The highest BCUT2D eigenvalue weighted by molar-refractivity contribution is 5.94. The van der Waals surface area contributed by atoms with Crippen LogP contribution in [-0.2, 0) is 14.3 Å². The lowest BCUT2D eigenvalue weighted by atomic mass is 9.92. The van der Waals surface area contributed by atoms with E-state index < -0.39 is 0 Å². The van der Waals surface area contributed by atoms with Crippen LogP contribution in [-0.4, -0.2) is 106 Å². The molecule has 13 heteroatoms. The van der Waals surface area contributed by atoms with Gasteiger partial charge < -0.3 is 24.4 Å². The maximum Gasteiger partial charge on any atom is 0.213 e. The van der Waals surface area contributed by atoms with Crippen LogP contribution in [0.4, 0.5) is 11.5 Å². The molecule has 5 aromatic rings. The molecule has 1 aromatic carbocycles. The first-order valence-corrected chi connectivity index (χ1v) is 17.7. The average Bonchev–Trinajstić information content (AvgIpc) is 3.77. The van der Waals surface area contributed by atoms with Crippen LogP contribution in [0.1, 0.15) is 33.1 Å². The average molecular weight is 692 g/mol. The Balaban J connectivity index is 0.885. The summed E-state index contributed by atoms with van der Waals surface area (Å²) in [6.07, 6.45) is 9.56. The molecule has 6 heterocycles. The summed E-state index contributed by atoms with van der Waals surface area (Å²) in [5, 5.41) is 12.2. The number of hydrogen-bond donors (Lipinski definition) is 2. The number of benzene rings is 1. The fraction of sp³-hybridized carbons (Fsp3) is 0.421. The van der Waals surface area contributed by atoms with Crippen molar-refractivity contribution in [2.45, 2.75) is 51.5 Å². The quantitative estimate of drug-likeness (QED) is 0.131. The number of anilines is 2. The smallest absolute Gasteiger partial charge is 0.213 e. The number of ketones is 1. The maximum atomic E-state index is 13.5. The van der Waals surface area contributed by atoms with Gasteiger partial charge in [-0.1, -0.05) is 0 Å². The molecule has 2 N–H and O–H groups in total. The van der Waals surface area contributed by atoms with E-state index in [0.29, 0.717) is 37.2 Å². The number of aromatic amines is 1. The number of fused-ring (bicyclic) bond motifs is 1. The zero-order valence-corrected chi connectivity index (χ0v) is 29.4. The highest BCUT2D eigenvalue weighted by Gasteiger charge is 2.39. The second kappa shape index (κ2) is 15.9. The molecule has 0 spiro atoms. The van der Waals surface area contributed by atoms with E-state index in [1.165, 1.54) is 0 Å². The number of carbonyl (C=O) groups excluding carboxylic acids is 1. The molecule has 0 bridgehead atoms. The molecule has 1 unspecified atom stereocenters. The Morgan fingerprint density at radius 2 is 1.82 bits per heavy atom. The number of piperidine rings is 1. The number of aromatic nitrogens is 6. The largest absolute Gasteiger partial charge is 0.475 e. The molecular weight excluding hydrogens is 646 g/mol. The van der Waals surface area contributed by atoms with Crippen LogP contribution < -0.4 is 15.0 Å². The topological polar surface area (TPSA) is 147 Å². The Hall–Kier alpha value is -4.98. The van der Waals surface area contributed by atoms with Gasteiger partial charge in [-0.25, -0.2) is 19.9 Å². The molecule has 0 aliphatic carbocycles. The standard InChI is InChI=1S/C38H45N9O4/c1-25(2)50-35-10-6-27(22-42-35)36-30-21-29(7-8-31(30)44-45-36)43-38-33(51-38)13-16-46(19-20-49-3)24-32(48)26-11-17-47(18-12-26)34-9-5-28(23-41-34)37-39-14-4-15-40-37/h4-10,14-15,21-23,25-26,33,38,43H,11-13,16-20,24H2,1-3H3,(H,44,45)/t33-,38?/m0/s1. The molecule has 51 heavy (non-hydrogen) atoms. The fourth-order valence-corrected chi connectivity index (χ4v) is 6.54. The van der Waals surface area contributed by atoms with Crippen LogP contribution in [0.5, 0.6) is 5.88 Å². The number of H-pyrrole nitrogens is 1. The Morgan fingerprint density at radius 1 is 1.02 bits per heavy atom. The lowest BCUT2D eigenvalue weighted by molar-refractivity contribution is -0.124. The van der Waals surface area contributed by atoms with Crippen molar-refractivity contribution < 1.29 is 19.0 Å². The summed E-state index contributed by atoms with van der Waals surface area (Å²) < 4.78 is 17.1. The van der Waals surface area contributed by atoms with Gasteiger partial charge in [-0.3, -0.25) is 14.8 Å². The lowest BCUT2D eigenvalue weighted by Crippen LogP contribution is -2.41. The highest BCUT2D eigenvalue weighted by Crippen LogP contribution is 2.32. The van der Waals surface area contributed by atoms with E-state index in [1.807, 2.05) is 56.4 Å². The molecule has 4 aromatic heterocycles. The second-order valence-electron chi connectivity index (χ2n) is 13.4. The summed E-state index contributed by atoms with van der Waals surface area (Å²) in [7, 11) is 1.70. The minimum Gasteiger partial charge on any atom is -0.475 e. The molecule has 2 atom stereocenters. The predicted molar refractivity (Wildman–Crippen MR) is 196 cm³/mol. The van der Waals surface area contributed by atoms with E-state index in [9.17, 15) is 4.79 Å². The van der Waals surface area contributed by atoms with Crippen LogP contribution >= 0.6 is 0 Å². The van der Waals surface area contributed by atoms with Crippen LogP contribution in [0.2, 0.25) is 0 Å². The van der Waals surface area contributed by atoms with Crippen molar-refractivity contribution in [2.24, 2.45) is 5.92 Å². The number of ether oxygens (including phenoxy) is 3. The minimum atomic E-state index is -0.0841. The summed E-state index contributed by atoms with van der Waals surface area (Å²) in [6, 6.07) is 15.8. The van der Waals surface area contributed by atoms with Gasteiger partial charge >= 0.3 is 0 Å². The third-order valence-corrected chi connectivity index (χ3v) is 9.39. The fourth-order valence-electron chi connectivity index (χ4n) is 6.54. The number of rotatable bonds is 16. The molecule has 2 fully saturated rings. The van der Waals surface area contributed by atoms with Gasteiger partial charge in [0.1, 0.15) is 23.4 Å². The number of hydrogen-bond acceptors (Lipinski definition) is 12. The molecule has 13 nitrogen and oxygen atoms in total. The van der Waals surface area contributed by atoms with E-state index >= 15 is 0 Å². The third kappa shape index (κ3) is 8.67. The Kier molecular flexibility index (Phi) is 10.8. The number of carbonyl (C=O) groups is 1. The molecule has 2 aliphatic heterocycles. The predicted octanol–water partition coefficient (Wildman–Crippen LogP) is 5.23. The first kappa shape index (κ1) is 34.5. The molecule has 0 amide bonds. The van der Waals surface area contributed by atoms with E-state index in [4.69, 9.17) is 14.2 Å². The monoisotopic (exact) mass is 691 g/mol. The Labute approximate surface area is 297 Å². The molecule has 266 valence electrons. The summed E-state index contributed by atoms with van der Waals surface area (Å²) in [5.41, 5.74) is 4.53. The van der Waals surface area contributed by atoms with Crippen molar-refractivity contribution in [2.75, 3.05) is 56.7 Å². The van der Waals surface area contributed by atoms with Gasteiger partial charge in [-0.2, -0.15) is 5.10 Å². The van der Waals surface area contributed by atoms with Crippen molar-refractivity contribution in [3.8, 4) is 28.5 Å². The van der Waals surface area contributed by atoms with Crippen LogP contribution in [0, 0.1) is 5.92 Å². The van der Waals surface area contributed by atoms with E-state index in [0.717, 1.165) is 78.1 Å². The van der Waals surface area contributed by atoms with Gasteiger partial charge in [0.15, 0.2) is 12.1 Å². The van der Waals surface area contributed by atoms with E-state index in [1.54, 1.807) is 31.8 Å². The first-order chi connectivity index (χ1) is 24.9. The van der Waals surface area contributed by atoms with Crippen molar-refractivity contribution in [3.05, 3.63) is 73.3 Å². The van der Waals surface area contributed by atoms with Gasteiger partial charge in [0.05, 0.1) is 24.8 Å². The van der Waals surface area contributed by atoms with Gasteiger partial charge in [-0.05, 0) is 75.6 Å². The molecular formula is C38H45N9O4. The number of Topliss-reactive ketones (excluding diaryl/α,β-unsaturated/α-hetero) is 1. The Bertz CT molecular complexity index is 1880. The summed E-state index contributed by atoms with van der Waals surface area (Å²) in [6.45, 7) is 8.01. The number of nitrogens with zero attached hydrogens (tertiary/aromatic N) is 7. The summed E-state index contributed by atoms with van der Waals surface area (Å²) in [5.74, 6) is 2.51. The zero-order valence-electron chi connectivity index (χ0n) is 29.4. The molecule has 2 saturated heterocycles. The lowest BCUT2D eigenvalue weighted by Gasteiger charge is -2.33. The Morgan fingerprint density at radius 3 is 2.55 bits per heavy atom. The molecule has 2 aliphatic rings. The second-order valence-corrected chi connectivity index (χ2v) is 13.4. The van der Waals surface area contributed by atoms with Crippen molar-refractivity contribution in [1.82, 2.24) is 35.0 Å². The SMILES string of the molecule is COCCN(CC[C@@H]1OC1Nc1ccc2[nH]nc(-c3ccc(OC(C)C)nc3)c2c1)CC(=O)C1CCN(c2ccc(-c3ncccn3)cn2)CC1. The van der Waals surface area contributed by atoms with Gasteiger partial charge in [0, 0.05) is 92.3 Å². The third-order valence-electron chi connectivity index (χ3n) is 9.39. The maximum absolute atomic E-state index is 13.5.